The maximum atomic E-state index is 14.8. The van der Waals surface area contributed by atoms with Gasteiger partial charge in [0.25, 0.3) is 0 Å². The number of fused-ring (bicyclic) bond motifs is 4. The fourth-order valence-corrected chi connectivity index (χ4v) is 4.99. The molecular weight excluding hydrogens is 361 g/mol. The predicted octanol–water partition coefficient (Wildman–Crippen LogP) is 3.68. The minimum absolute atomic E-state index is 0.0547. The molecule has 0 bridgehead atoms. The second kappa shape index (κ2) is 6.06. The Morgan fingerprint density at radius 1 is 1.11 bits per heavy atom. The number of hydrogen-bond donors (Lipinski definition) is 1. The van der Waals surface area contributed by atoms with E-state index in [1.807, 2.05) is 36.4 Å². The molecule has 2 aliphatic carbocycles. The topological polar surface area (TPSA) is 66.8 Å². The second-order valence-electron chi connectivity index (χ2n) is 7.86. The van der Waals surface area contributed by atoms with Crippen molar-refractivity contribution in [2.24, 2.45) is 11.8 Å². The van der Waals surface area contributed by atoms with E-state index in [-0.39, 0.29) is 19.1 Å². The average molecular weight is 381 g/mol. The fourth-order valence-electron chi connectivity index (χ4n) is 4.99. The zero-order valence-corrected chi connectivity index (χ0v) is 15.2. The van der Waals surface area contributed by atoms with Crippen LogP contribution in [-0.2, 0) is 9.53 Å². The van der Waals surface area contributed by atoms with Gasteiger partial charge in [-0.3, -0.25) is 4.79 Å². The first-order chi connectivity index (χ1) is 13.5. The molecule has 2 aromatic rings. The predicted molar refractivity (Wildman–Crippen MR) is 99.7 cm³/mol. The van der Waals surface area contributed by atoms with Gasteiger partial charge in [-0.25, -0.2) is 9.18 Å². The molecule has 1 saturated carbocycles. The van der Waals surface area contributed by atoms with Gasteiger partial charge in [0, 0.05) is 18.4 Å². The number of carboxylic acid groups (broad SMARTS) is 1. The Balaban J connectivity index is 1.30. The zero-order valence-electron chi connectivity index (χ0n) is 15.2. The molecule has 1 N–H and O–H groups in total. The lowest BCUT2D eigenvalue weighted by Gasteiger charge is -2.28. The van der Waals surface area contributed by atoms with Gasteiger partial charge in [-0.15, -0.1) is 0 Å². The monoisotopic (exact) mass is 381 g/mol. The van der Waals surface area contributed by atoms with E-state index in [2.05, 4.69) is 12.1 Å². The minimum atomic E-state index is -1.81. The van der Waals surface area contributed by atoms with Crippen molar-refractivity contribution in [3.8, 4) is 11.1 Å². The second-order valence-corrected chi connectivity index (χ2v) is 7.86. The van der Waals surface area contributed by atoms with Crippen molar-refractivity contribution in [2.75, 3.05) is 19.7 Å². The molecule has 2 fully saturated rings. The lowest BCUT2D eigenvalue weighted by Crippen LogP contribution is -2.43. The van der Waals surface area contributed by atoms with Crippen LogP contribution in [0.15, 0.2) is 48.5 Å². The number of rotatable bonds is 3. The van der Waals surface area contributed by atoms with Crippen LogP contribution in [0.2, 0.25) is 0 Å². The summed E-state index contributed by atoms with van der Waals surface area (Å²) >= 11 is 0. The highest BCUT2D eigenvalue weighted by Crippen LogP contribution is 2.58. The van der Waals surface area contributed by atoms with Crippen molar-refractivity contribution in [3.05, 3.63) is 59.7 Å². The molecular formula is C22H20FNO4. The van der Waals surface area contributed by atoms with Crippen LogP contribution < -0.4 is 0 Å². The lowest BCUT2D eigenvalue weighted by molar-refractivity contribution is -0.139. The van der Waals surface area contributed by atoms with E-state index in [0.29, 0.717) is 13.0 Å². The first kappa shape index (κ1) is 17.2. The smallest absolute Gasteiger partial charge is 0.409 e. The van der Waals surface area contributed by atoms with Gasteiger partial charge in [-0.2, -0.15) is 0 Å². The molecule has 1 aliphatic heterocycles. The van der Waals surface area contributed by atoms with E-state index >= 15 is 0 Å². The summed E-state index contributed by atoms with van der Waals surface area (Å²) in [5.74, 6) is -2.66. The number of halogens is 1. The van der Waals surface area contributed by atoms with Crippen molar-refractivity contribution in [2.45, 2.75) is 18.0 Å². The van der Waals surface area contributed by atoms with Crippen molar-refractivity contribution in [1.29, 1.82) is 0 Å². The summed E-state index contributed by atoms with van der Waals surface area (Å²) in [6.45, 7) is 0.302. The molecule has 0 spiro atoms. The zero-order chi connectivity index (χ0) is 19.5. The number of piperidine rings is 1. The number of amides is 1. The third-order valence-corrected chi connectivity index (χ3v) is 6.43. The van der Waals surface area contributed by atoms with Gasteiger partial charge in [-0.05, 0) is 28.7 Å². The van der Waals surface area contributed by atoms with Crippen LogP contribution in [0.25, 0.3) is 11.1 Å². The van der Waals surface area contributed by atoms with Crippen LogP contribution in [0.5, 0.6) is 0 Å². The SMILES string of the molecule is O=C(O)C1C2CCN(C(=O)OCC3c4ccccc4-c4ccccc43)CC21F. The molecule has 5 nitrogen and oxygen atoms in total. The third kappa shape index (κ3) is 2.44. The Labute approximate surface area is 161 Å². The van der Waals surface area contributed by atoms with E-state index in [1.165, 1.54) is 4.90 Å². The highest BCUT2D eigenvalue weighted by atomic mass is 19.1. The van der Waals surface area contributed by atoms with Crippen LogP contribution in [0.3, 0.4) is 0 Å². The summed E-state index contributed by atoms with van der Waals surface area (Å²) in [4.78, 5) is 25.0. The number of aliphatic carboxylic acids is 1. The van der Waals surface area contributed by atoms with Crippen LogP contribution >= 0.6 is 0 Å². The van der Waals surface area contributed by atoms with Crippen LogP contribution in [0.1, 0.15) is 23.5 Å². The number of carbonyl (C=O) groups is 2. The van der Waals surface area contributed by atoms with E-state index in [0.717, 1.165) is 22.3 Å². The van der Waals surface area contributed by atoms with E-state index < -0.39 is 29.6 Å². The van der Waals surface area contributed by atoms with Gasteiger partial charge in [0.15, 0.2) is 0 Å². The summed E-state index contributed by atoms with van der Waals surface area (Å²) in [7, 11) is 0. The number of carbonyl (C=O) groups excluding carboxylic acids is 1. The molecule has 0 radical (unpaired) electrons. The van der Waals surface area contributed by atoms with Crippen LogP contribution in [-0.4, -0.2) is 47.4 Å². The molecule has 1 amide bonds. The number of hydrogen-bond acceptors (Lipinski definition) is 3. The standard InChI is InChI=1S/C22H20FNO4/c23-22-12-24(10-9-18(22)19(22)20(25)26)21(27)28-11-17-15-7-3-1-5-13(15)14-6-2-4-8-16(14)17/h1-8,17-19H,9-12H2,(H,25,26). The van der Waals surface area contributed by atoms with E-state index in [4.69, 9.17) is 9.84 Å². The number of nitrogens with zero attached hydrogens (tertiary/aromatic N) is 1. The summed E-state index contributed by atoms with van der Waals surface area (Å²) in [5.41, 5.74) is 2.71. The Morgan fingerprint density at radius 2 is 1.71 bits per heavy atom. The van der Waals surface area contributed by atoms with Crippen molar-refractivity contribution in [3.63, 3.8) is 0 Å². The quantitative estimate of drug-likeness (QED) is 0.881. The Kier molecular flexibility index (Phi) is 3.73. The molecule has 3 atom stereocenters. The lowest BCUT2D eigenvalue weighted by atomic mass is 9.98. The van der Waals surface area contributed by atoms with Gasteiger partial charge < -0.3 is 14.7 Å². The fraction of sp³-hybridized carbons (Fsp3) is 0.364. The Morgan fingerprint density at radius 3 is 2.32 bits per heavy atom. The molecule has 6 heteroatoms. The maximum Gasteiger partial charge on any atom is 0.409 e. The molecule has 2 aromatic carbocycles. The molecule has 3 unspecified atom stereocenters. The summed E-state index contributed by atoms with van der Waals surface area (Å²) < 4.78 is 20.3. The van der Waals surface area contributed by atoms with E-state index in [9.17, 15) is 14.0 Å². The highest BCUT2D eigenvalue weighted by molar-refractivity contribution is 5.79. The number of benzene rings is 2. The maximum absolute atomic E-state index is 14.8. The molecule has 1 saturated heterocycles. The summed E-state index contributed by atoms with van der Waals surface area (Å²) in [6.07, 6.45) is -0.217. The van der Waals surface area contributed by atoms with Crippen molar-refractivity contribution in [1.82, 2.24) is 4.90 Å². The van der Waals surface area contributed by atoms with Gasteiger partial charge in [-0.1, -0.05) is 48.5 Å². The van der Waals surface area contributed by atoms with Gasteiger partial charge >= 0.3 is 12.1 Å². The Hall–Kier alpha value is -2.89. The normalized spacial score (nSPS) is 27.5. The van der Waals surface area contributed by atoms with Gasteiger partial charge in [0.05, 0.1) is 12.5 Å². The molecule has 0 aromatic heterocycles. The number of alkyl halides is 1. The summed E-state index contributed by atoms with van der Waals surface area (Å²) in [6, 6.07) is 16.1. The molecule has 3 aliphatic rings. The highest BCUT2D eigenvalue weighted by Gasteiger charge is 2.72. The van der Waals surface area contributed by atoms with Crippen molar-refractivity contribution >= 4 is 12.1 Å². The first-order valence-corrected chi connectivity index (χ1v) is 9.52. The van der Waals surface area contributed by atoms with Gasteiger partial charge in [0.2, 0.25) is 0 Å². The van der Waals surface area contributed by atoms with Crippen LogP contribution in [0.4, 0.5) is 9.18 Å². The number of likely N-dealkylation sites (tertiary alicyclic amines) is 1. The Bertz CT molecular complexity index is 931. The molecule has 28 heavy (non-hydrogen) atoms. The molecule has 5 rings (SSSR count). The van der Waals surface area contributed by atoms with Gasteiger partial charge in [0.1, 0.15) is 12.3 Å². The third-order valence-electron chi connectivity index (χ3n) is 6.43. The average Bonchev–Trinajstić information content (AvgIpc) is 3.21. The summed E-state index contributed by atoms with van der Waals surface area (Å²) in [5, 5.41) is 9.13. The number of ether oxygens (including phenoxy) is 1. The van der Waals surface area contributed by atoms with Crippen molar-refractivity contribution < 1.29 is 23.8 Å². The number of carboxylic acids is 1. The molecule has 1 heterocycles. The minimum Gasteiger partial charge on any atom is -0.481 e. The van der Waals surface area contributed by atoms with Crippen LogP contribution in [0, 0.1) is 11.8 Å². The largest absolute Gasteiger partial charge is 0.481 e. The van der Waals surface area contributed by atoms with E-state index in [1.54, 1.807) is 0 Å². The molecule has 144 valence electrons. The first-order valence-electron chi connectivity index (χ1n) is 9.52.